The van der Waals surface area contributed by atoms with E-state index in [2.05, 4.69) is 0 Å². The average Bonchev–Trinajstić information content (AvgIpc) is 2.82. The normalized spacial score (nSPS) is 36.6. The second kappa shape index (κ2) is 7.90. The van der Waals surface area contributed by atoms with Gasteiger partial charge in [-0.2, -0.15) is 0 Å². The van der Waals surface area contributed by atoms with E-state index in [0.717, 1.165) is 0 Å². The molecule has 4 atom stereocenters. The SMILES string of the molecule is COC(=O)C1=CC[C@]23CC[C@](C)([C@@]2(OC(C)=O)CC1)[C@@](C)(/C=C/C=C(\C)C(=O)O)OC3=O. The van der Waals surface area contributed by atoms with E-state index in [-0.39, 0.29) is 18.4 Å². The molecule has 0 unspecified atom stereocenters. The fourth-order valence-corrected chi connectivity index (χ4v) is 5.78. The summed E-state index contributed by atoms with van der Waals surface area (Å²) in [6.45, 7) is 6.48. The van der Waals surface area contributed by atoms with Gasteiger partial charge in [0.1, 0.15) is 16.6 Å². The van der Waals surface area contributed by atoms with E-state index < -0.39 is 45.9 Å². The molecule has 1 aliphatic heterocycles. The number of carbonyl (C=O) groups excluding carboxylic acids is 3. The van der Waals surface area contributed by atoms with Gasteiger partial charge in [0.15, 0.2) is 0 Å². The van der Waals surface area contributed by atoms with Crippen LogP contribution < -0.4 is 0 Å². The van der Waals surface area contributed by atoms with Crippen LogP contribution in [0.25, 0.3) is 0 Å². The molecule has 3 aliphatic rings. The topological polar surface area (TPSA) is 116 Å². The summed E-state index contributed by atoms with van der Waals surface area (Å²) >= 11 is 0. The quantitative estimate of drug-likeness (QED) is 0.296. The molecule has 0 amide bonds. The Kier molecular flexibility index (Phi) is 5.87. The number of esters is 3. The van der Waals surface area contributed by atoms with Gasteiger partial charge in [0, 0.05) is 18.1 Å². The first kappa shape index (κ1) is 23.8. The van der Waals surface area contributed by atoms with Crippen LogP contribution in [0.1, 0.15) is 59.8 Å². The summed E-state index contributed by atoms with van der Waals surface area (Å²) in [6, 6.07) is 0. The summed E-state index contributed by atoms with van der Waals surface area (Å²) in [5, 5.41) is 9.11. The van der Waals surface area contributed by atoms with E-state index in [1.165, 1.54) is 27.0 Å². The molecule has 1 heterocycles. The van der Waals surface area contributed by atoms with Crippen LogP contribution in [0.3, 0.4) is 0 Å². The third kappa shape index (κ3) is 3.19. The Hall–Kier alpha value is -2.90. The molecule has 0 radical (unpaired) electrons. The van der Waals surface area contributed by atoms with Gasteiger partial charge in [0.2, 0.25) is 0 Å². The van der Waals surface area contributed by atoms with Gasteiger partial charge in [-0.15, -0.1) is 0 Å². The lowest BCUT2D eigenvalue weighted by Crippen LogP contribution is -2.70. The summed E-state index contributed by atoms with van der Waals surface area (Å²) in [5.74, 6) is -2.51. The van der Waals surface area contributed by atoms with Crippen LogP contribution in [0, 0.1) is 10.8 Å². The molecular formula is C24H30O8. The van der Waals surface area contributed by atoms with Crippen molar-refractivity contribution in [1.82, 2.24) is 0 Å². The largest absolute Gasteiger partial charge is 0.478 e. The number of cyclic esters (lactones) is 1. The number of carboxylic acids is 1. The van der Waals surface area contributed by atoms with Crippen LogP contribution in [-0.2, 0) is 33.4 Å². The Morgan fingerprint density at radius 2 is 1.84 bits per heavy atom. The molecule has 8 heteroatoms. The molecule has 0 aromatic heterocycles. The summed E-state index contributed by atoms with van der Waals surface area (Å²) < 4.78 is 17.0. The maximum absolute atomic E-state index is 13.6. The molecule has 1 N–H and O–H groups in total. The second-order valence-electron chi connectivity index (χ2n) is 9.27. The predicted octanol–water partition coefficient (Wildman–Crippen LogP) is 3.26. The third-order valence-electron chi connectivity index (χ3n) is 7.81. The number of hydrogen-bond acceptors (Lipinski definition) is 7. The molecule has 3 rings (SSSR count). The Bertz CT molecular complexity index is 959. The van der Waals surface area contributed by atoms with Gasteiger partial charge >= 0.3 is 23.9 Å². The Morgan fingerprint density at radius 3 is 2.44 bits per heavy atom. The molecule has 0 aromatic rings. The first-order valence-electron chi connectivity index (χ1n) is 10.7. The first-order valence-corrected chi connectivity index (χ1v) is 10.7. The van der Waals surface area contributed by atoms with Crippen LogP contribution >= 0.6 is 0 Å². The van der Waals surface area contributed by atoms with E-state index in [4.69, 9.17) is 19.3 Å². The van der Waals surface area contributed by atoms with Crippen molar-refractivity contribution in [3.05, 3.63) is 35.5 Å². The van der Waals surface area contributed by atoms with Crippen LogP contribution in [0.4, 0.5) is 0 Å². The van der Waals surface area contributed by atoms with Crippen molar-refractivity contribution < 1.29 is 38.5 Å². The van der Waals surface area contributed by atoms with E-state index in [9.17, 15) is 19.2 Å². The van der Waals surface area contributed by atoms with Gasteiger partial charge < -0.3 is 19.3 Å². The molecule has 1 saturated heterocycles. The molecular weight excluding hydrogens is 416 g/mol. The Balaban J connectivity index is 2.15. The van der Waals surface area contributed by atoms with E-state index in [0.29, 0.717) is 24.8 Å². The van der Waals surface area contributed by atoms with Gasteiger partial charge in [0.05, 0.1) is 12.5 Å². The summed E-state index contributed by atoms with van der Waals surface area (Å²) in [7, 11) is 1.30. The number of aliphatic carboxylic acids is 1. The molecule has 2 bridgehead atoms. The van der Waals surface area contributed by atoms with Crippen molar-refractivity contribution in [3.8, 4) is 0 Å². The lowest BCUT2D eigenvalue weighted by Gasteiger charge is -2.59. The lowest BCUT2D eigenvalue weighted by atomic mass is 9.55. The minimum absolute atomic E-state index is 0.133. The van der Waals surface area contributed by atoms with Crippen LogP contribution in [0.15, 0.2) is 35.5 Å². The standard InChI is InChI=1S/C24H30O8/c1-15(18(26)27)7-6-10-22(4)21(3)13-14-23(20(29)32-22)11-8-17(19(28)30-5)9-12-24(21,23)31-16(2)25/h6-8,10H,9,11-14H2,1-5H3,(H,26,27)/b10-6+,15-7+/t21-,22+,23+,24-/m0/s1. The minimum atomic E-state index is -1.20. The highest BCUT2D eigenvalue weighted by molar-refractivity contribution is 5.90. The highest BCUT2D eigenvalue weighted by atomic mass is 16.6. The smallest absolute Gasteiger partial charge is 0.333 e. The van der Waals surface area contributed by atoms with E-state index >= 15 is 0 Å². The zero-order chi connectivity index (χ0) is 23.9. The second-order valence-corrected chi connectivity index (χ2v) is 9.27. The Morgan fingerprint density at radius 1 is 1.16 bits per heavy atom. The van der Waals surface area contributed by atoms with E-state index in [1.54, 1.807) is 25.2 Å². The molecule has 2 fully saturated rings. The van der Waals surface area contributed by atoms with Crippen molar-refractivity contribution in [1.29, 1.82) is 0 Å². The first-order chi connectivity index (χ1) is 14.9. The number of ether oxygens (including phenoxy) is 3. The van der Waals surface area contributed by atoms with Crippen LogP contribution in [0.2, 0.25) is 0 Å². The molecule has 8 nitrogen and oxygen atoms in total. The monoisotopic (exact) mass is 446 g/mol. The summed E-state index contributed by atoms with van der Waals surface area (Å²) in [6.07, 6.45) is 8.13. The van der Waals surface area contributed by atoms with Crippen LogP contribution in [-0.4, -0.2) is 47.3 Å². The zero-order valence-corrected chi connectivity index (χ0v) is 19.1. The molecule has 2 aliphatic carbocycles. The number of methoxy groups -OCH3 is 1. The van der Waals surface area contributed by atoms with Crippen molar-refractivity contribution in [3.63, 3.8) is 0 Å². The van der Waals surface area contributed by atoms with Gasteiger partial charge in [-0.05, 0) is 52.0 Å². The summed E-state index contributed by atoms with van der Waals surface area (Å²) in [4.78, 5) is 49.2. The number of carboxylic acid groups (broad SMARTS) is 1. The van der Waals surface area contributed by atoms with Crippen molar-refractivity contribution in [2.24, 2.45) is 10.8 Å². The van der Waals surface area contributed by atoms with Gasteiger partial charge in [0.25, 0.3) is 0 Å². The highest BCUT2D eigenvalue weighted by Crippen LogP contribution is 2.71. The molecule has 174 valence electrons. The van der Waals surface area contributed by atoms with Gasteiger partial charge in [-0.1, -0.05) is 25.2 Å². The van der Waals surface area contributed by atoms with E-state index in [1.807, 2.05) is 6.92 Å². The minimum Gasteiger partial charge on any atom is -0.478 e. The van der Waals surface area contributed by atoms with Crippen molar-refractivity contribution >= 4 is 23.9 Å². The fourth-order valence-electron chi connectivity index (χ4n) is 5.78. The number of hydrogen-bond donors (Lipinski definition) is 1. The fraction of sp³-hybridized carbons (Fsp3) is 0.583. The zero-order valence-electron chi connectivity index (χ0n) is 19.1. The molecule has 0 spiro atoms. The van der Waals surface area contributed by atoms with Gasteiger partial charge in [-0.3, -0.25) is 9.59 Å². The maximum atomic E-state index is 13.6. The third-order valence-corrected chi connectivity index (χ3v) is 7.81. The van der Waals surface area contributed by atoms with Crippen molar-refractivity contribution in [2.45, 2.75) is 71.0 Å². The molecule has 1 saturated carbocycles. The molecule has 32 heavy (non-hydrogen) atoms. The van der Waals surface area contributed by atoms with Crippen LogP contribution in [0.5, 0.6) is 0 Å². The number of allylic oxidation sites excluding steroid dienone is 3. The average molecular weight is 446 g/mol. The molecule has 0 aromatic carbocycles. The number of rotatable bonds is 5. The number of carbonyl (C=O) groups is 4. The maximum Gasteiger partial charge on any atom is 0.333 e. The summed E-state index contributed by atoms with van der Waals surface area (Å²) in [5.41, 5.74) is -3.69. The lowest BCUT2D eigenvalue weighted by molar-refractivity contribution is -0.260. The van der Waals surface area contributed by atoms with Gasteiger partial charge in [-0.25, -0.2) is 9.59 Å². The predicted molar refractivity (Wildman–Crippen MR) is 113 cm³/mol. The Labute approximate surface area is 187 Å². The highest BCUT2D eigenvalue weighted by Gasteiger charge is 2.80. The van der Waals surface area contributed by atoms with Crippen molar-refractivity contribution in [2.75, 3.05) is 7.11 Å².